The smallest absolute Gasteiger partial charge is 0.197 e. The number of ether oxygens (including phenoxy) is 3. The molecule has 0 bridgehead atoms. The minimum Gasteiger partial charge on any atom is -0.494 e. The van der Waals surface area contributed by atoms with E-state index in [0.29, 0.717) is 42.1 Å². The molecule has 0 radical (unpaired) electrons. The van der Waals surface area contributed by atoms with Crippen molar-refractivity contribution in [3.05, 3.63) is 41.3 Å². The number of hydrogen-bond acceptors (Lipinski definition) is 7. The zero-order valence-electron chi connectivity index (χ0n) is 23.5. The van der Waals surface area contributed by atoms with Crippen LogP contribution in [0.15, 0.2) is 24.4 Å². The number of nitrogens with two attached hydrogens (primary N) is 1. The summed E-state index contributed by atoms with van der Waals surface area (Å²) in [6, 6.07) is 5.31. The van der Waals surface area contributed by atoms with Gasteiger partial charge in [0.25, 0.3) is 0 Å². The Bertz CT molecular complexity index is 1300. The molecule has 3 N–H and O–H groups in total. The highest BCUT2D eigenvalue weighted by molar-refractivity contribution is 6.00. The minimum absolute atomic E-state index is 0.00998. The van der Waals surface area contributed by atoms with Gasteiger partial charge in [0, 0.05) is 35.8 Å². The second-order valence-electron chi connectivity index (χ2n) is 10.0. The lowest BCUT2D eigenvalue weighted by Gasteiger charge is -2.30. The van der Waals surface area contributed by atoms with E-state index in [1.165, 1.54) is 0 Å². The summed E-state index contributed by atoms with van der Waals surface area (Å²) in [6.45, 7) is 13.2. The lowest BCUT2D eigenvalue weighted by atomic mass is 9.84. The molecule has 0 fully saturated rings. The van der Waals surface area contributed by atoms with E-state index in [-0.39, 0.29) is 47.9 Å². The van der Waals surface area contributed by atoms with E-state index < -0.39 is 5.82 Å². The van der Waals surface area contributed by atoms with E-state index in [0.717, 1.165) is 11.3 Å². The van der Waals surface area contributed by atoms with Gasteiger partial charge in [-0.1, -0.05) is 20.8 Å². The molecule has 8 nitrogen and oxygen atoms in total. The first-order valence-corrected chi connectivity index (χ1v) is 13.0. The Hall–Kier alpha value is -3.46. The van der Waals surface area contributed by atoms with Crippen molar-refractivity contribution in [1.82, 2.24) is 4.57 Å². The molecule has 38 heavy (non-hydrogen) atoms. The number of fused-ring (bicyclic) bond motifs is 1. The molecule has 0 aliphatic heterocycles. The first-order valence-electron chi connectivity index (χ1n) is 13.0. The summed E-state index contributed by atoms with van der Waals surface area (Å²) in [5, 5.41) is 10.3. The second-order valence-corrected chi connectivity index (χ2v) is 10.0. The topological polar surface area (TPSA) is 99.2 Å². The maximum absolute atomic E-state index is 15.5. The molecular weight excluding hydrogens is 489 g/mol. The van der Waals surface area contributed by atoms with Crippen LogP contribution in [0.25, 0.3) is 10.8 Å². The molecule has 208 valence electrons. The molecule has 1 aromatic heterocycles. The van der Waals surface area contributed by atoms with E-state index >= 15 is 4.39 Å². The zero-order chi connectivity index (χ0) is 28.2. The average Bonchev–Trinajstić information content (AvgIpc) is 3.18. The summed E-state index contributed by atoms with van der Waals surface area (Å²) in [7, 11) is 1.61. The number of aromatic nitrogens is 1. The number of nitrogen functional groups attached to an aromatic ring is 1. The molecule has 0 saturated carbocycles. The summed E-state index contributed by atoms with van der Waals surface area (Å²) in [5.74, 6) is 0.305. The Kier molecular flexibility index (Phi) is 9.14. The Morgan fingerprint density at radius 1 is 1.11 bits per heavy atom. The number of rotatable bonds is 12. The maximum Gasteiger partial charge on any atom is 0.197 e. The zero-order valence-corrected chi connectivity index (χ0v) is 23.5. The number of benzene rings is 2. The molecule has 0 saturated heterocycles. The van der Waals surface area contributed by atoms with Gasteiger partial charge in [0.15, 0.2) is 23.1 Å². The summed E-state index contributed by atoms with van der Waals surface area (Å²) < 4.78 is 33.9. The summed E-state index contributed by atoms with van der Waals surface area (Å²) in [4.78, 5) is 15.6. The average molecular weight is 530 g/mol. The normalized spacial score (nSPS) is 11.6. The third kappa shape index (κ3) is 5.67. The minimum atomic E-state index is -0.610. The van der Waals surface area contributed by atoms with Crippen LogP contribution in [0.2, 0.25) is 0 Å². The summed E-state index contributed by atoms with van der Waals surface area (Å²) in [5.41, 5.74) is 8.13. The molecule has 0 atom stereocenters. The first-order chi connectivity index (χ1) is 18.0. The number of Topliss-reactive ketones (excluding diaryl/α,β-unsaturated/α-hetero) is 1. The van der Waals surface area contributed by atoms with E-state index in [2.05, 4.69) is 20.8 Å². The van der Waals surface area contributed by atoms with Crippen LogP contribution < -0.4 is 24.8 Å². The number of nitrogens with zero attached hydrogens (tertiary/aromatic N) is 2. The van der Waals surface area contributed by atoms with Crippen molar-refractivity contribution in [2.75, 3.05) is 50.7 Å². The molecule has 3 rings (SSSR count). The van der Waals surface area contributed by atoms with E-state index in [4.69, 9.17) is 19.9 Å². The fourth-order valence-electron chi connectivity index (χ4n) is 4.64. The van der Waals surface area contributed by atoms with Crippen LogP contribution in [0.3, 0.4) is 0 Å². The van der Waals surface area contributed by atoms with Crippen molar-refractivity contribution in [3.63, 3.8) is 0 Å². The number of carbonyl (C=O) groups is 1. The van der Waals surface area contributed by atoms with E-state index in [1.807, 2.05) is 24.8 Å². The van der Waals surface area contributed by atoms with Crippen LogP contribution >= 0.6 is 0 Å². The van der Waals surface area contributed by atoms with Crippen LogP contribution in [-0.4, -0.2) is 55.5 Å². The molecule has 2 aromatic carbocycles. The Labute approximate surface area is 224 Å². The largest absolute Gasteiger partial charge is 0.494 e. The number of likely N-dealkylation sites (N-methyl/N-ethyl adjacent to an activating group) is 1. The van der Waals surface area contributed by atoms with Crippen molar-refractivity contribution < 1.29 is 28.5 Å². The highest BCUT2D eigenvalue weighted by Crippen LogP contribution is 2.42. The van der Waals surface area contributed by atoms with Crippen molar-refractivity contribution in [2.45, 2.75) is 53.5 Å². The predicted octanol–water partition coefficient (Wildman–Crippen LogP) is 5.17. The van der Waals surface area contributed by atoms with Crippen LogP contribution in [0, 0.1) is 5.82 Å². The van der Waals surface area contributed by atoms with Crippen LogP contribution in [0.5, 0.6) is 17.2 Å². The maximum atomic E-state index is 15.5. The van der Waals surface area contributed by atoms with Crippen molar-refractivity contribution in [3.8, 4) is 17.2 Å². The van der Waals surface area contributed by atoms with Crippen LogP contribution in [0.4, 0.5) is 15.9 Å². The molecular formula is C29H40FN3O5. The number of halogens is 1. The third-order valence-electron chi connectivity index (χ3n) is 6.48. The van der Waals surface area contributed by atoms with Gasteiger partial charge in [-0.3, -0.25) is 4.79 Å². The van der Waals surface area contributed by atoms with Crippen LogP contribution in [0.1, 0.15) is 57.5 Å². The lowest BCUT2D eigenvalue weighted by molar-refractivity contribution is 0.0973. The quantitative estimate of drug-likeness (QED) is 0.312. The Morgan fingerprint density at radius 2 is 1.79 bits per heavy atom. The Morgan fingerprint density at radius 3 is 2.34 bits per heavy atom. The third-order valence-corrected chi connectivity index (χ3v) is 6.48. The first kappa shape index (κ1) is 29.1. The van der Waals surface area contributed by atoms with Crippen molar-refractivity contribution in [1.29, 1.82) is 0 Å². The fourth-order valence-corrected chi connectivity index (χ4v) is 4.64. The van der Waals surface area contributed by atoms with Crippen molar-refractivity contribution >= 4 is 28.1 Å². The van der Waals surface area contributed by atoms with Gasteiger partial charge in [0.1, 0.15) is 11.6 Å². The van der Waals surface area contributed by atoms with E-state index in [9.17, 15) is 9.90 Å². The molecule has 1 heterocycles. The highest BCUT2D eigenvalue weighted by atomic mass is 19.1. The molecule has 0 aliphatic rings. The molecule has 9 heteroatoms. The molecule has 0 spiro atoms. The number of ketones is 1. The van der Waals surface area contributed by atoms with Gasteiger partial charge in [0.2, 0.25) is 0 Å². The SMILES string of the molecule is CCOc1cc2cn(CC(=O)c3cc(N(CC)CCO)c(OC)c(C(C)(C)C)c3)c(N)c2c(F)c1OCC. The molecule has 3 aromatic rings. The van der Waals surface area contributed by atoms with Gasteiger partial charge >= 0.3 is 0 Å². The van der Waals surface area contributed by atoms with Gasteiger partial charge in [0.05, 0.1) is 44.5 Å². The molecule has 0 unspecified atom stereocenters. The number of carbonyl (C=O) groups excluding carboxylic acids is 1. The second kappa shape index (κ2) is 11.9. The number of methoxy groups -OCH3 is 1. The van der Waals surface area contributed by atoms with Crippen molar-refractivity contribution in [2.24, 2.45) is 0 Å². The van der Waals surface area contributed by atoms with Gasteiger partial charge in [-0.25, -0.2) is 4.39 Å². The fraction of sp³-hybridized carbons (Fsp3) is 0.483. The molecule has 0 amide bonds. The molecule has 0 aliphatic carbocycles. The summed E-state index contributed by atoms with van der Waals surface area (Å²) in [6.07, 6.45) is 1.66. The number of aliphatic hydroxyl groups is 1. The lowest BCUT2D eigenvalue weighted by Crippen LogP contribution is -2.28. The van der Waals surface area contributed by atoms with Gasteiger partial charge in [-0.15, -0.1) is 0 Å². The van der Waals surface area contributed by atoms with Crippen LogP contribution in [-0.2, 0) is 12.0 Å². The van der Waals surface area contributed by atoms with Gasteiger partial charge < -0.3 is 34.5 Å². The standard InChI is InChI=1S/C29H40FN3O5/c1-8-32(11-12-34)21-14-18(13-20(26(21)36-7)29(4,5)6)22(35)17-33-16-19-15-23(37-9-2)27(38-10-3)25(30)24(19)28(33)31/h13-16,34H,8-12,17,31H2,1-7H3. The number of aliphatic hydroxyl groups excluding tert-OH is 1. The predicted molar refractivity (Wildman–Crippen MR) is 150 cm³/mol. The highest BCUT2D eigenvalue weighted by Gasteiger charge is 2.27. The monoisotopic (exact) mass is 529 g/mol. The van der Waals surface area contributed by atoms with Gasteiger partial charge in [-0.2, -0.15) is 0 Å². The summed E-state index contributed by atoms with van der Waals surface area (Å²) >= 11 is 0. The number of hydrogen-bond donors (Lipinski definition) is 2. The Balaban J connectivity index is 2.11. The van der Waals surface area contributed by atoms with E-state index in [1.54, 1.807) is 36.9 Å². The number of anilines is 2. The van der Waals surface area contributed by atoms with Gasteiger partial charge in [-0.05, 0) is 44.4 Å².